The van der Waals surface area contributed by atoms with Crippen LogP contribution >= 0.6 is 11.8 Å². The van der Waals surface area contributed by atoms with Gasteiger partial charge < -0.3 is 4.74 Å². The number of nitro groups is 1. The first-order chi connectivity index (χ1) is 12.8. The maximum absolute atomic E-state index is 12.3. The Hall–Kier alpha value is -3.00. The predicted octanol–water partition coefficient (Wildman–Crippen LogP) is 3.62. The largest absolute Gasteiger partial charge is 0.454 e. The summed E-state index contributed by atoms with van der Waals surface area (Å²) in [7, 11) is 0. The van der Waals surface area contributed by atoms with Crippen LogP contribution in [0, 0.1) is 17.0 Å². The molecule has 0 aliphatic heterocycles. The normalized spacial score (nSPS) is 10.3. The van der Waals surface area contributed by atoms with E-state index >= 15 is 0 Å². The molecule has 7 nitrogen and oxygen atoms in total. The van der Waals surface area contributed by atoms with Gasteiger partial charge in [-0.2, -0.15) is 0 Å². The lowest BCUT2D eigenvalue weighted by atomic mass is 10.1. The summed E-state index contributed by atoms with van der Waals surface area (Å²) < 4.78 is 5.07. The summed E-state index contributed by atoms with van der Waals surface area (Å²) >= 11 is 1.21. The number of carbonyl (C=O) groups excluding carboxylic acids is 3. The van der Waals surface area contributed by atoms with Crippen LogP contribution in [0.5, 0.6) is 0 Å². The van der Waals surface area contributed by atoms with Gasteiger partial charge in [0.05, 0.1) is 16.2 Å². The number of thioether (sulfide) groups is 1. The van der Waals surface area contributed by atoms with E-state index in [1.807, 2.05) is 0 Å². The Morgan fingerprint density at radius 3 is 2.52 bits per heavy atom. The molecule has 0 atom stereocenters. The van der Waals surface area contributed by atoms with E-state index in [0.717, 1.165) is 0 Å². The van der Waals surface area contributed by atoms with E-state index in [9.17, 15) is 24.5 Å². The highest BCUT2D eigenvalue weighted by molar-refractivity contribution is 8.00. The summed E-state index contributed by atoms with van der Waals surface area (Å²) in [5.74, 6) is -1.05. The number of hydrogen-bond acceptors (Lipinski definition) is 7. The molecule has 2 rings (SSSR count). The van der Waals surface area contributed by atoms with E-state index in [1.54, 1.807) is 31.2 Å². The lowest BCUT2D eigenvalue weighted by Crippen LogP contribution is -2.15. The number of esters is 1. The van der Waals surface area contributed by atoms with Crippen molar-refractivity contribution in [3.63, 3.8) is 0 Å². The van der Waals surface area contributed by atoms with Crippen molar-refractivity contribution in [2.75, 3.05) is 12.4 Å². The van der Waals surface area contributed by atoms with E-state index < -0.39 is 23.3 Å². The van der Waals surface area contributed by atoms with Crippen molar-refractivity contribution >= 4 is 35.0 Å². The van der Waals surface area contributed by atoms with Gasteiger partial charge in [0, 0.05) is 22.1 Å². The van der Waals surface area contributed by atoms with Gasteiger partial charge in [0.2, 0.25) is 5.78 Å². The third-order valence-electron chi connectivity index (χ3n) is 3.60. The fourth-order valence-electron chi connectivity index (χ4n) is 2.21. The van der Waals surface area contributed by atoms with Crippen LogP contribution in [0.3, 0.4) is 0 Å². The molecule has 2 aromatic rings. The Morgan fingerprint density at radius 2 is 1.85 bits per heavy atom. The maximum atomic E-state index is 12.3. The fourth-order valence-corrected chi connectivity index (χ4v) is 3.05. The number of benzene rings is 2. The van der Waals surface area contributed by atoms with Gasteiger partial charge >= 0.3 is 5.97 Å². The number of ketones is 2. The number of rotatable bonds is 8. The molecule has 0 N–H and O–H groups in total. The lowest BCUT2D eigenvalue weighted by Gasteiger charge is -2.09. The van der Waals surface area contributed by atoms with Gasteiger partial charge in [0.15, 0.2) is 6.61 Å². The second-order valence-electron chi connectivity index (χ2n) is 5.74. The van der Waals surface area contributed by atoms with E-state index in [4.69, 9.17) is 4.74 Å². The zero-order valence-corrected chi connectivity index (χ0v) is 15.6. The average Bonchev–Trinajstić information content (AvgIpc) is 2.64. The summed E-state index contributed by atoms with van der Waals surface area (Å²) in [5.41, 5.74) is 0.619. The molecule has 0 radical (unpaired) electrons. The van der Waals surface area contributed by atoms with Crippen molar-refractivity contribution in [2.24, 2.45) is 0 Å². The molecule has 8 heteroatoms. The van der Waals surface area contributed by atoms with Crippen LogP contribution in [0.25, 0.3) is 0 Å². The third-order valence-corrected chi connectivity index (χ3v) is 4.82. The molecule has 0 spiro atoms. The van der Waals surface area contributed by atoms with Gasteiger partial charge in [0.1, 0.15) is 5.78 Å². The highest BCUT2D eigenvalue weighted by atomic mass is 32.2. The van der Waals surface area contributed by atoms with Crippen LogP contribution in [0.2, 0.25) is 0 Å². The number of hydrogen-bond donors (Lipinski definition) is 0. The minimum absolute atomic E-state index is 0.0284. The topological polar surface area (TPSA) is 104 Å². The van der Waals surface area contributed by atoms with Gasteiger partial charge in [0.25, 0.3) is 5.69 Å². The first-order valence-corrected chi connectivity index (χ1v) is 8.94. The van der Waals surface area contributed by atoms with Crippen LogP contribution in [0.1, 0.15) is 33.2 Å². The number of carbonyl (C=O) groups is 3. The molecule has 0 fully saturated rings. The van der Waals surface area contributed by atoms with Gasteiger partial charge in [-0.3, -0.25) is 19.7 Å². The Morgan fingerprint density at radius 1 is 1.15 bits per heavy atom. The molecule has 0 saturated heterocycles. The Balaban J connectivity index is 2.08. The second kappa shape index (κ2) is 9.09. The van der Waals surface area contributed by atoms with Crippen LogP contribution < -0.4 is 0 Å². The van der Waals surface area contributed by atoms with Crippen molar-refractivity contribution in [1.82, 2.24) is 0 Å². The molecule has 0 saturated carbocycles. The van der Waals surface area contributed by atoms with Gasteiger partial charge in [-0.05, 0) is 26.0 Å². The van der Waals surface area contributed by atoms with Crippen LogP contribution in [0.4, 0.5) is 5.69 Å². The molecule has 0 aliphatic carbocycles. The van der Waals surface area contributed by atoms with E-state index in [1.165, 1.54) is 36.9 Å². The summed E-state index contributed by atoms with van der Waals surface area (Å²) in [6.07, 6.45) is 0. The minimum atomic E-state index is -0.698. The number of Topliss-reactive ketones (excluding diaryl/α,β-unsaturated/α-hetero) is 2. The summed E-state index contributed by atoms with van der Waals surface area (Å²) in [6, 6.07) is 10.7. The summed E-state index contributed by atoms with van der Waals surface area (Å²) in [5, 5.41) is 11.0. The predicted molar refractivity (Wildman–Crippen MR) is 100 cm³/mol. The maximum Gasteiger partial charge on any atom is 0.339 e. The number of nitro benzene ring substituents is 1. The summed E-state index contributed by atoms with van der Waals surface area (Å²) in [6.45, 7) is 2.49. The highest BCUT2D eigenvalue weighted by Gasteiger charge is 2.18. The van der Waals surface area contributed by atoms with E-state index in [2.05, 4.69) is 0 Å². The number of ether oxygens (including phenoxy) is 1. The summed E-state index contributed by atoms with van der Waals surface area (Å²) in [4.78, 5) is 46.6. The molecule has 0 aliphatic rings. The van der Waals surface area contributed by atoms with Gasteiger partial charge in [-0.1, -0.05) is 24.3 Å². The van der Waals surface area contributed by atoms with Gasteiger partial charge in [-0.25, -0.2) is 4.79 Å². The number of nitrogens with zero attached hydrogens (tertiary/aromatic N) is 1. The zero-order valence-electron chi connectivity index (χ0n) is 14.8. The molecule has 0 heterocycles. The molecule has 2 aromatic carbocycles. The molecule has 0 bridgehead atoms. The standard InChI is InChI=1S/C19H17NO6S/c1-12-7-8-14(9-16(12)20(24)25)17(22)10-26-19(23)15-5-3-4-6-18(15)27-11-13(2)21/h3-9H,10-11H2,1-2H3. The molecular formula is C19H17NO6S. The number of aryl methyl sites for hydroxylation is 1. The Bertz CT molecular complexity index is 909. The molecule has 0 amide bonds. The van der Waals surface area contributed by atoms with E-state index in [0.29, 0.717) is 10.5 Å². The highest BCUT2D eigenvalue weighted by Crippen LogP contribution is 2.24. The van der Waals surface area contributed by atoms with Crippen LogP contribution in [-0.2, 0) is 9.53 Å². The van der Waals surface area contributed by atoms with Crippen LogP contribution in [-0.4, -0.2) is 34.8 Å². The fraction of sp³-hybridized carbons (Fsp3) is 0.211. The van der Waals surface area contributed by atoms with Crippen molar-refractivity contribution in [1.29, 1.82) is 0 Å². The Labute approximate surface area is 159 Å². The molecule has 27 heavy (non-hydrogen) atoms. The first kappa shape index (κ1) is 20.3. The van der Waals surface area contributed by atoms with Crippen molar-refractivity contribution < 1.29 is 24.0 Å². The van der Waals surface area contributed by atoms with Crippen LogP contribution in [0.15, 0.2) is 47.4 Å². The van der Waals surface area contributed by atoms with E-state index in [-0.39, 0.29) is 28.4 Å². The molecule has 0 unspecified atom stereocenters. The average molecular weight is 387 g/mol. The molecule has 0 aromatic heterocycles. The molecule has 140 valence electrons. The third kappa shape index (κ3) is 5.49. The Kier molecular flexibility index (Phi) is 6.84. The molecular weight excluding hydrogens is 370 g/mol. The monoisotopic (exact) mass is 387 g/mol. The van der Waals surface area contributed by atoms with Crippen molar-refractivity contribution in [3.05, 3.63) is 69.3 Å². The smallest absolute Gasteiger partial charge is 0.339 e. The van der Waals surface area contributed by atoms with Gasteiger partial charge in [-0.15, -0.1) is 11.8 Å². The second-order valence-corrected chi connectivity index (χ2v) is 6.76. The van der Waals surface area contributed by atoms with Crippen molar-refractivity contribution in [3.8, 4) is 0 Å². The quantitative estimate of drug-likeness (QED) is 0.224. The zero-order chi connectivity index (χ0) is 20.0. The SMILES string of the molecule is CC(=O)CSc1ccccc1C(=O)OCC(=O)c1ccc(C)c([N+](=O)[O-])c1. The lowest BCUT2D eigenvalue weighted by molar-refractivity contribution is -0.385. The minimum Gasteiger partial charge on any atom is -0.454 e. The van der Waals surface area contributed by atoms with Crippen molar-refractivity contribution in [2.45, 2.75) is 18.7 Å². The first-order valence-electron chi connectivity index (χ1n) is 7.96.